The van der Waals surface area contributed by atoms with Crippen molar-refractivity contribution in [1.82, 2.24) is 4.90 Å². The summed E-state index contributed by atoms with van der Waals surface area (Å²) in [4.78, 5) is 14.9. The largest absolute Gasteiger partial charge is 0.493 e. The van der Waals surface area contributed by atoms with E-state index in [0.29, 0.717) is 60.9 Å². The molecule has 2 aliphatic heterocycles. The number of rotatable bonds is 6. The smallest absolute Gasteiger partial charge is 0.253 e. The molecule has 2 heterocycles. The quantitative estimate of drug-likeness (QED) is 0.687. The lowest BCUT2D eigenvalue weighted by Gasteiger charge is -2.34. The van der Waals surface area contributed by atoms with Crippen LogP contribution < -0.4 is 9.47 Å². The minimum atomic E-state index is -0.112. The maximum atomic E-state index is 13.0. The predicted molar refractivity (Wildman–Crippen MR) is 113 cm³/mol. The number of benzene rings is 2. The standard InChI is InChI=1S/C23H26ClNO5/c1-27-21-14-18(4-7-20(21)30-15-16-2-5-19(24)6-3-16)22(26)25-10-8-17(9-11-25)23-28-12-13-29-23/h2-7,14,17,23H,8-13,15H2,1H3. The minimum absolute atomic E-state index is 0.00394. The van der Waals surface area contributed by atoms with E-state index >= 15 is 0 Å². The molecule has 7 heteroatoms. The Morgan fingerprint density at radius 2 is 1.77 bits per heavy atom. The maximum Gasteiger partial charge on any atom is 0.253 e. The zero-order chi connectivity index (χ0) is 20.9. The van der Waals surface area contributed by atoms with Gasteiger partial charge in [0.05, 0.1) is 20.3 Å². The first-order valence-electron chi connectivity index (χ1n) is 10.2. The molecule has 0 N–H and O–H groups in total. The number of carbonyl (C=O) groups is 1. The molecule has 2 aromatic rings. The summed E-state index contributed by atoms with van der Waals surface area (Å²) in [5, 5.41) is 0.687. The van der Waals surface area contributed by atoms with E-state index in [1.54, 1.807) is 25.3 Å². The zero-order valence-electron chi connectivity index (χ0n) is 17.0. The summed E-state index contributed by atoms with van der Waals surface area (Å²) >= 11 is 5.92. The molecule has 0 atom stereocenters. The molecule has 0 saturated carbocycles. The van der Waals surface area contributed by atoms with Crippen molar-refractivity contribution in [3.8, 4) is 11.5 Å². The normalized spacial score (nSPS) is 17.9. The van der Waals surface area contributed by atoms with Crippen molar-refractivity contribution in [2.75, 3.05) is 33.4 Å². The number of hydrogen-bond donors (Lipinski definition) is 0. The zero-order valence-corrected chi connectivity index (χ0v) is 17.8. The Balaban J connectivity index is 1.37. The number of amides is 1. The second-order valence-corrected chi connectivity index (χ2v) is 7.96. The maximum absolute atomic E-state index is 13.0. The van der Waals surface area contributed by atoms with E-state index in [4.69, 9.17) is 30.5 Å². The molecule has 0 aliphatic carbocycles. The van der Waals surface area contributed by atoms with Crippen LogP contribution in [0.3, 0.4) is 0 Å². The molecule has 0 aromatic heterocycles. The van der Waals surface area contributed by atoms with Gasteiger partial charge in [-0.1, -0.05) is 23.7 Å². The van der Waals surface area contributed by atoms with Gasteiger partial charge in [-0.05, 0) is 48.7 Å². The van der Waals surface area contributed by atoms with Gasteiger partial charge in [-0.3, -0.25) is 4.79 Å². The van der Waals surface area contributed by atoms with E-state index in [-0.39, 0.29) is 12.2 Å². The lowest BCUT2D eigenvalue weighted by atomic mass is 9.95. The molecule has 0 bridgehead atoms. The Labute approximate surface area is 181 Å². The van der Waals surface area contributed by atoms with E-state index in [1.165, 1.54) is 0 Å². The third-order valence-corrected chi connectivity index (χ3v) is 5.83. The Bertz CT molecular complexity index is 858. The van der Waals surface area contributed by atoms with Crippen molar-refractivity contribution in [1.29, 1.82) is 0 Å². The number of piperidine rings is 1. The second kappa shape index (κ2) is 9.69. The van der Waals surface area contributed by atoms with Crippen LogP contribution >= 0.6 is 11.6 Å². The highest BCUT2D eigenvalue weighted by Crippen LogP contribution is 2.31. The molecule has 6 nitrogen and oxygen atoms in total. The SMILES string of the molecule is COc1cc(C(=O)N2CCC(C3OCCO3)CC2)ccc1OCc1ccc(Cl)cc1. The molecule has 1 amide bonds. The van der Waals surface area contributed by atoms with Crippen LogP contribution in [0.25, 0.3) is 0 Å². The molecule has 30 heavy (non-hydrogen) atoms. The van der Waals surface area contributed by atoms with Gasteiger partial charge in [-0.25, -0.2) is 0 Å². The van der Waals surface area contributed by atoms with Crippen LogP contribution in [-0.4, -0.2) is 50.5 Å². The van der Waals surface area contributed by atoms with Crippen molar-refractivity contribution in [3.05, 3.63) is 58.6 Å². The topological polar surface area (TPSA) is 57.2 Å². The first-order chi connectivity index (χ1) is 14.6. The van der Waals surface area contributed by atoms with E-state index in [9.17, 15) is 4.79 Å². The summed E-state index contributed by atoms with van der Waals surface area (Å²) in [6.45, 7) is 3.11. The molecular weight excluding hydrogens is 406 g/mol. The summed E-state index contributed by atoms with van der Waals surface area (Å²) in [7, 11) is 1.58. The number of carbonyl (C=O) groups excluding carboxylic acids is 1. The minimum Gasteiger partial charge on any atom is -0.493 e. The van der Waals surface area contributed by atoms with Crippen molar-refractivity contribution in [2.24, 2.45) is 5.92 Å². The highest BCUT2D eigenvalue weighted by atomic mass is 35.5. The third kappa shape index (κ3) is 4.89. The van der Waals surface area contributed by atoms with Crippen molar-refractivity contribution >= 4 is 17.5 Å². The summed E-state index contributed by atoms with van der Waals surface area (Å²) < 4.78 is 22.6. The number of ether oxygens (including phenoxy) is 4. The van der Waals surface area contributed by atoms with E-state index < -0.39 is 0 Å². The van der Waals surface area contributed by atoms with Gasteiger partial charge in [0.15, 0.2) is 17.8 Å². The van der Waals surface area contributed by atoms with Crippen LogP contribution in [0, 0.1) is 5.92 Å². The van der Waals surface area contributed by atoms with Crippen molar-refractivity contribution in [3.63, 3.8) is 0 Å². The number of hydrogen-bond acceptors (Lipinski definition) is 5. The molecule has 160 valence electrons. The van der Waals surface area contributed by atoms with Gasteiger partial charge in [-0.2, -0.15) is 0 Å². The average Bonchev–Trinajstić information content (AvgIpc) is 3.33. The van der Waals surface area contributed by atoms with Gasteiger partial charge in [0.25, 0.3) is 5.91 Å². The van der Waals surface area contributed by atoms with Gasteiger partial charge in [0, 0.05) is 29.6 Å². The van der Waals surface area contributed by atoms with Crippen LogP contribution in [0.4, 0.5) is 0 Å². The van der Waals surface area contributed by atoms with Gasteiger partial charge >= 0.3 is 0 Å². The first kappa shape index (κ1) is 21.0. The molecule has 4 rings (SSSR count). The van der Waals surface area contributed by atoms with Crippen LogP contribution in [0.15, 0.2) is 42.5 Å². The van der Waals surface area contributed by atoms with Gasteiger partial charge in [-0.15, -0.1) is 0 Å². The molecule has 0 radical (unpaired) electrons. The van der Waals surface area contributed by atoms with Crippen LogP contribution in [-0.2, 0) is 16.1 Å². The van der Waals surface area contributed by atoms with Gasteiger partial charge < -0.3 is 23.8 Å². The molecule has 2 aliphatic rings. The Morgan fingerprint density at radius 1 is 1.07 bits per heavy atom. The Morgan fingerprint density at radius 3 is 2.43 bits per heavy atom. The first-order valence-corrected chi connectivity index (χ1v) is 10.6. The van der Waals surface area contributed by atoms with E-state index in [2.05, 4.69) is 0 Å². The van der Waals surface area contributed by atoms with Crippen molar-refractivity contribution in [2.45, 2.75) is 25.7 Å². The van der Waals surface area contributed by atoms with Crippen LogP contribution in [0.1, 0.15) is 28.8 Å². The van der Waals surface area contributed by atoms with Gasteiger partial charge in [0.1, 0.15) is 6.61 Å². The highest BCUT2D eigenvalue weighted by molar-refractivity contribution is 6.30. The lowest BCUT2D eigenvalue weighted by Crippen LogP contribution is -2.41. The number of nitrogens with zero attached hydrogens (tertiary/aromatic N) is 1. The predicted octanol–water partition coefficient (Wildman–Crippen LogP) is 4.15. The third-order valence-electron chi connectivity index (χ3n) is 5.58. The van der Waals surface area contributed by atoms with Crippen LogP contribution in [0.2, 0.25) is 5.02 Å². The fraction of sp³-hybridized carbons (Fsp3) is 0.435. The number of likely N-dealkylation sites (tertiary alicyclic amines) is 1. The summed E-state index contributed by atoms with van der Waals surface area (Å²) in [6.07, 6.45) is 1.66. The highest BCUT2D eigenvalue weighted by Gasteiger charge is 2.32. The average molecular weight is 432 g/mol. The number of halogens is 1. The fourth-order valence-electron chi connectivity index (χ4n) is 3.87. The lowest BCUT2D eigenvalue weighted by molar-refractivity contribution is -0.0956. The molecular formula is C23H26ClNO5. The van der Waals surface area contributed by atoms with Crippen LogP contribution in [0.5, 0.6) is 11.5 Å². The summed E-state index contributed by atoms with van der Waals surface area (Å²) in [5.74, 6) is 1.50. The van der Waals surface area contributed by atoms with E-state index in [0.717, 1.165) is 18.4 Å². The summed E-state index contributed by atoms with van der Waals surface area (Å²) in [5.41, 5.74) is 1.59. The Kier molecular flexibility index (Phi) is 6.77. The molecule has 2 saturated heterocycles. The van der Waals surface area contributed by atoms with Crippen molar-refractivity contribution < 1.29 is 23.7 Å². The Hall–Kier alpha value is -2.28. The van der Waals surface area contributed by atoms with E-state index in [1.807, 2.05) is 29.2 Å². The molecule has 2 fully saturated rings. The monoisotopic (exact) mass is 431 g/mol. The summed E-state index contributed by atoms with van der Waals surface area (Å²) in [6, 6.07) is 12.8. The number of methoxy groups -OCH3 is 1. The molecule has 0 unspecified atom stereocenters. The second-order valence-electron chi connectivity index (χ2n) is 7.52. The van der Waals surface area contributed by atoms with Gasteiger partial charge in [0.2, 0.25) is 0 Å². The fourth-order valence-corrected chi connectivity index (χ4v) is 3.99. The molecule has 2 aromatic carbocycles. The molecule has 0 spiro atoms.